The average molecular weight is 490 g/mol. The molecule has 4 heterocycles. The summed E-state index contributed by atoms with van der Waals surface area (Å²) in [5, 5.41) is 11.0. The van der Waals surface area contributed by atoms with Gasteiger partial charge < -0.3 is 29.0 Å². The number of nitrogens with zero attached hydrogens (tertiary/aromatic N) is 4. The Morgan fingerprint density at radius 3 is 2.67 bits per heavy atom. The van der Waals surface area contributed by atoms with Gasteiger partial charge in [-0.3, -0.25) is 0 Å². The van der Waals surface area contributed by atoms with E-state index in [0.29, 0.717) is 51.6 Å². The van der Waals surface area contributed by atoms with Gasteiger partial charge in [0.1, 0.15) is 5.65 Å². The Kier molecular flexibility index (Phi) is 6.81. The number of hydrogen-bond donors (Lipinski definition) is 1. The van der Waals surface area contributed by atoms with Crippen LogP contribution in [0, 0.1) is 11.3 Å². The van der Waals surface area contributed by atoms with Crippen LogP contribution in [0.15, 0.2) is 36.5 Å². The van der Waals surface area contributed by atoms with Gasteiger partial charge in [0.15, 0.2) is 0 Å². The van der Waals surface area contributed by atoms with Crippen molar-refractivity contribution in [3.05, 3.63) is 47.7 Å². The molecule has 2 aliphatic heterocycles. The number of ether oxygens (including phenoxy) is 3. The highest BCUT2D eigenvalue weighted by atomic mass is 16.6. The minimum atomic E-state index is -0.427. The maximum Gasteiger partial charge on any atom is 0.409 e. The molecule has 36 heavy (non-hydrogen) atoms. The normalized spacial score (nSPS) is 17.7. The molecule has 2 fully saturated rings. The number of benzene rings is 1. The van der Waals surface area contributed by atoms with E-state index >= 15 is 0 Å². The first-order chi connectivity index (χ1) is 17.6. The van der Waals surface area contributed by atoms with Crippen LogP contribution in [0.3, 0.4) is 0 Å². The molecule has 2 aromatic heterocycles. The number of fused-ring (bicyclic) bond motifs is 1. The molecule has 188 valence electrons. The topological polar surface area (TPSA) is 104 Å². The first-order valence-electron chi connectivity index (χ1n) is 12.4. The SMILES string of the molecule is CCOC(=O)N1CCN(c2ccnc3[nH]c(-c4ccc(C5(OC)CCOCC5)cc4C#N)cc23)CC1. The summed E-state index contributed by atoms with van der Waals surface area (Å²) in [7, 11) is 1.72. The Morgan fingerprint density at radius 1 is 1.19 bits per heavy atom. The summed E-state index contributed by atoms with van der Waals surface area (Å²) in [5.74, 6) is 0. The summed E-state index contributed by atoms with van der Waals surface area (Å²) in [4.78, 5) is 24.0. The van der Waals surface area contributed by atoms with Gasteiger partial charge >= 0.3 is 6.09 Å². The number of nitrogens with one attached hydrogen (secondary N) is 1. The van der Waals surface area contributed by atoms with Crippen molar-refractivity contribution < 1.29 is 19.0 Å². The van der Waals surface area contributed by atoms with Crippen LogP contribution in [-0.2, 0) is 19.8 Å². The van der Waals surface area contributed by atoms with Gasteiger partial charge in [-0.2, -0.15) is 5.26 Å². The zero-order valence-electron chi connectivity index (χ0n) is 20.7. The van der Waals surface area contributed by atoms with E-state index in [9.17, 15) is 10.1 Å². The molecular formula is C27H31N5O4. The first-order valence-corrected chi connectivity index (χ1v) is 12.4. The van der Waals surface area contributed by atoms with Crippen LogP contribution in [-0.4, -0.2) is 74.1 Å². The van der Waals surface area contributed by atoms with Crippen molar-refractivity contribution in [2.24, 2.45) is 0 Å². The number of rotatable bonds is 5. The number of pyridine rings is 1. The highest BCUT2D eigenvalue weighted by Gasteiger charge is 2.35. The standard InChI is InChI=1S/C27H31N5O4/c1-3-36-26(33)32-12-10-31(11-13-32)24-6-9-29-25-22(24)17-23(30-25)21-5-4-20(16-19(21)18-28)27(34-2)7-14-35-15-8-27/h4-6,9,16-17H,3,7-8,10-15H2,1-2H3,(H,29,30). The Hall–Kier alpha value is -3.61. The minimum Gasteiger partial charge on any atom is -0.450 e. The molecule has 9 heteroatoms. The van der Waals surface area contributed by atoms with E-state index in [4.69, 9.17) is 14.2 Å². The lowest BCUT2D eigenvalue weighted by molar-refractivity contribution is -0.0947. The number of methoxy groups -OCH3 is 1. The zero-order valence-corrected chi connectivity index (χ0v) is 20.7. The van der Waals surface area contributed by atoms with Crippen molar-refractivity contribution in [2.45, 2.75) is 25.4 Å². The van der Waals surface area contributed by atoms with Gasteiger partial charge in [-0.1, -0.05) is 12.1 Å². The molecule has 9 nitrogen and oxygen atoms in total. The molecule has 0 aliphatic carbocycles. The fourth-order valence-electron chi connectivity index (χ4n) is 5.25. The monoisotopic (exact) mass is 489 g/mol. The van der Waals surface area contributed by atoms with Gasteiger partial charge in [-0.25, -0.2) is 9.78 Å². The molecule has 3 aromatic rings. The lowest BCUT2D eigenvalue weighted by atomic mass is 9.84. The van der Waals surface area contributed by atoms with E-state index in [1.165, 1.54) is 0 Å². The van der Waals surface area contributed by atoms with Gasteiger partial charge in [0.25, 0.3) is 0 Å². The minimum absolute atomic E-state index is 0.260. The molecule has 1 aromatic carbocycles. The van der Waals surface area contributed by atoms with Crippen LogP contribution in [0.5, 0.6) is 0 Å². The molecule has 0 bridgehead atoms. The third-order valence-electron chi connectivity index (χ3n) is 7.30. The van der Waals surface area contributed by atoms with Gasteiger partial charge in [0, 0.05) is 87.9 Å². The molecule has 0 radical (unpaired) electrons. The van der Waals surface area contributed by atoms with Crippen LogP contribution in [0.2, 0.25) is 0 Å². The lowest BCUT2D eigenvalue weighted by Gasteiger charge is -2.36. The molecule has 5 rings (SSSR count). The molecule has 1 amide bonds. The van der Waals surface area contributed by atoms with E-state index in [0.717, 1.165) is 46.4 Å². The molecule has 1 N–H and O–H groups in total. The van der Waals surface area contributed by atoms with Crippen LogP contribution < -0.4 is 4.90 Å². The molecule has 0 spiro atoms. The van der Waals surface area contributed by atoms with E-state index in [1.807, 2.05) is 25.1 Å². The molecule has 0 unspecified atom stereocenters. The van der Waals surface area contributed by atoms with Crippen molar-refractivity contribution in [3.63, 3.8) is 0 Å². The highest BCUT2D eigenvalue weighted by Crippen LogP contribution is 2.38. The number of aromatic amines is 1. The van der Waals surface area contributed by atoms with Crippen LogP contribution in [0.25, 0.3) is 22.3 Å². The fraction of sp³-hybridized carbons (Fsp3) is 0.444. The maximum atomic E-state index is 12.1. The van der Waals surface area contributed by atoms with Crippen molar-refractivity contribution in [3.8, 4) is 17.3 Å². The van der Waals surface area contributed by atoms with Gasteiger partial charge in [-0.05, 0) is 30.7 Å². The van der Waals surface area contributed by atoms with Gasteiger partial charge in [0.2, 0.25) is 0 Å². The molecule has 2 aliphatic rings. The summed E-state index contributed by atoms with van der Waals surface area (Å²) < 4.78 is 16.6. The van der Waals surface area contributed by atoms with Crippen molar-refractivity contribution >= 4 is 22.8 Å². The summed E-state index contributed by atoms with van der Waals surface area (Å²) in [6.45, 7) is 6.10. The third kappa shape index (κ3) is 4.38. The van der Waals surface area contributed by atoms with E-state index in [2.05, 4.69) is 33.1 Å². The summed E-state index contributed by atoms with van der Waals surface area (Å²) in [5.41, 5.74) is 4.66. The second kappa shape index (κ2) is 10.2. The second-order valence-electron chi connectivity index (χ2n) is 9.13. The van der Waals surface area contributed by atoms with Crippen LogP contribution >= 0.6 is 0 Å². The zero-order chi connectivity index (χ0) is 25.1. The number of anilines is 1. The lowest BCUT2D eigenvalue weighted by Crippen LogP contribution is -2.49. The second-order valence-corrected chi connectivity index (χ2v) is 9.13. The number of aromatic nitrogens is 2. The van der Waals surface area contributed by atoms with Gasteiger partial charge in [-0.15, -0.1) is 0 Å². The van der Waals surface area contributed by atoms with Gasteiger partial charge in [0.05, 0.1) is 23.8 Å². The number of carbonyl (C=O) groups is 1. The largest absolute Gasteiger partial charge is 0.450 e. The highest BCUT2D eigenvalue weighted by molar-refractivity contribution is 5.94. The third-order valence-corrected chi connectivity index (χ3v) is 7.30. The van der Waals surface area contributed by atoms with E-state index < -0.39 is 5.60 Å². The molecule has 2 saturated heterocycles. The van der Waals surface area contributed by atoms with Crippen LogP contribution in [0.4, 0.5) is 10.5 Å². The fourth-order valence-corrected chi connectivity index (χ4v) is 5.25. The Labute approximate surface area is 210 Å². The Bertz CT molecular complexity index is 1280. The van der Waals surface area contributed by atoms with Crippen molar-refractivity contribution in [1.29, 1.82) is 5.26 Å². The Balaban J connectivity index is 1.43. The molecule has 0 atom stereocenters. The number of amides is 1. The van der Waals surface area contributed by atoms with E-state index in [-0.39, 0.29) is 6.09 Å². The summed E-state index contributed by atoms with van der Waals surface area (Å²) in [6, 6.07) is 12.4. The molecule has 0 saturated carbocycles. The van der Waals surface area contributed by atoms with Crippen molar-refractivity contribution in [1.82, 2.24) is 14.9 Å². The summed E-state index contributed by atoms with van der Waals surface area (Å²) in [6.07, 6.45) is 3.05. The number of carbonyl (C=O) groups excluding carboxylic acids is 1. The number of piperazine rings is 1. The van der Waals surface area contributed by atoms with E-state index in [1.54, 1.807) is 18.2 Å². The average Bonchev–Trinajstić information content (AvgIpc) is 3.37. The molecular weight excluding hydrogens is 458 g/mol. The number of hydrogen-bond acceptors (Lipinski definition) is 7. The first kappa shape index (κ1) is 24.1. The predicted octanol–water partition coefficient (Wildman–Crippen LogP) is 4.03. The summed E-state index contributed by atoms with van der Waals surface area (Å²) >= 11 is 0. The van der Waals surface area contributed by atoms with Crippen molar-refractivity contribution in [2.75, 3.05) is 58.0 Å². The number of nitriles is 1. The smallest absolute Gasteiger partial charge is 0.409 e. The Morgan fingerprint density at radius 2 is 1.97 bits per heavy atom. The maximum absolute atomic E-state index is 12.1. The quantitative estimate of drug-likeness (QED) is 0.577. The number of H-pyrrole nitrogens is 1. The van der Waals surface area contributed by atoms with Crippen LogP contribution in [0.1, 0.15) is 30.9 Å². The predicted molar refractivity (Wildman–Crippen MR) is 136 cm³/mol.